The number of carbonyl (C=O) groups excluding carboxylic acids is 1. The minimum Gasteiger partial charge on any atom is -0.335 e. The summed E-state index contributed by atoms with van der Waals surface area (Å²) in [6.45, 7) is 2.94. The summed E-state index contributed by atoms with van der Waals surface area (Å²) in [4.78, 5) is 32.9. The molecule has 1 saturated heterocycles. The van der Waals surface area contributed by atoms with Crippen molar-refractivity contribution in [3.05, 3.63) is 40.3 Å². The Kier molecular flexibility index (Phi) is 3.12. The summed E-state index contributed by atoms with van der Waals surface area (Å²) in [5.74, 6) is -0.195. The fourth-order valence-electron chi connectivity index (χ4n) is 2.88. The molecule has 0 unspecified atom stereocenters. The fraction of sp³-hybridized carbons (Fsp3) is 0.333. The second-order valence-corrected chi connectivity index (χ2v) is 5.75. The van der Waals surface area contributed by atoms with Crippen LogP contribution in [0.5, 0.6) is 0 Å². The number of rotatable bonds is 1. The van der Waals surface area contributed by atoms with Gasteiger partial charge in [0.25, 0.3) is 11.5 Å². The van der Waals surface area contributed by atoms with E-state index in [2.05, 4.69) is 20.2 Å². The number of aromatic amines is 1. The average Bonchev–Trinajstić information content (AvgIpc) is 2.99. The van der Waals surface area contributed by atoms with Crippen LogP contribution in [0.2, 0.25) is 0 Å². The van der Waals surface area contributed by atoms with Crippen LogP contribution in [-0.2, 0) is 0 Å². The van der Waals surface area contributed by atoms with Crippen molar-refractivity contribution in [3.8, 4) is 0 Å². The summed E-state index contributed by atoms with van der Waals surface area (Å²) >= 11 is 0. The Balaban J connectivity index is 1.82. The zero-order valence-corrected chi connectivity index (χ0v) is 12.7. The number of amides is 1. The topological polar surface area (TPSA) is 86.6 Å². The minimum absolute atomic E-state index is 0.192. The molecule has 3 aromatic rings. The van der Waals surface area contributed by atoms with Gasteiger partial charge >= 0.3 is 0 Å². The first-order valence-electron chi connectivity index (χ1n) is 7.49. The predicted octanol–water partition coefficient (Wildman–Crippen LogP) is -0.0416. The molecule has 0 saturated carbocycles. The number of likely N-dealkylation sites (N-methyl/N-ethyl adjacent to an activating group) is 1. The molecule has 118 valence electrons. The van der Waals surface area contributed by atoms with Gasteiger partial charge in [-0.25, -0.2) is 9.73 Å². The SMILES string of the molecule is CN1CCN(C(=O)c2n[nH]n3c2nc(=O)c2ccccc23)CC1. The Hall–Kier alpha value is -2.74. The predicted molar refractivity (Wildman–Crippen MR) is 84.5 cm³/mol. The van der Waals surface area contributed by atoms with Crippen molar-refractivity contribution < 1.29 is 4.79 Å². The third kappa shape index (κ3) is 2.18. The number of carbonyl (C=O) groups is 1. The highest BCUT2D eigenvalue weighted by Crippen LogP contribution is 2.14. The third-order valence-corrected chi connectivity index (χ3v) is 4.26. The van der Waals surface area contributed by atoms with Crippen LogP contribution < -0.4 is 5.56 Å². The number of nitrogens with one attached hydrogen (secondary N) is 1. The normalized spacial score (nSPS) is 16.3. The average molecular weight is 312 g/mol. The standard InChI is InChI=1S/C15H16N6O2/c1-19-6-8-20(9-7-19)15(23)12-13-16-14(22)10-4-2-3-5-11(10)21(13)18-17-12/h2-5,18H,6-9H2,1H3. The van der Waals surface area contributed by atoms with Crippen molar-refractivity contribution in [1.29, 1.82) is 0 Å². The molecule has 0 atom stereocenters. The van der Waals surface area contributed by atoms with E-state index in [-0.39, 0.29) is 22.8 Å². The third-order valence-electron chi connectivity index (χ3n) is 4.26. The molecule has 1 aliphatic heterocycles. The molecule has 1 fully saturated rings. The molecule has 23 heavy (non-hydrogen) atoms. The summed E-state index contributed by atoms with van der Waals surface area (Å²) in [7, 11) is 2.03. The number of para-hydroxylation sites is 1. The van der Waals surface area contributed by atoms with Crippen LogP contribution in [0.4, 0.5) is 0 Å². The van der Waals surface area contributed by atoms with Gasteiger partial charge in [0.05, 0.1) is 10.9 Å². The van der Waals surface area contributed by atoms with Gasteiger partial charge in [0.2, 0.25) is 0 Å². The quantitative estimate of drug-likeness (QED) is 0.681. The van der Waals surface area contributed by atoms with Crippen molar-refractivity contribution in [2.24, 2.45) is 0 Å². The van der Waals surface area contributed by atoms with Gasteiger partial charge in [-0.15, -0.1) is 5.10 Å². The molecule has 8 heteroatoms. The van der Waals surface area contributed by atoms with E-state index in [1.807, 2.05) is 13.1 Å². The van der Waals surface area contributed by atoms with E-state index in [1.54, 1.807) is 27.6 Å². The van der Waals surface area contributed by atoms with Gasteiger partial charge < -0.3 is 9.80 Å². The van der Waals surface area contributed by atoms with Crippen molar-refractivity contribution in [2.75, 3.05) is 33.2 Å². The molecule has 1 aromatic carbocycles. The molecule has 4 rings (SSSR count). The van der Waals surface area contributed by atoms with Crippen molar-refractivity contribution in [2.45, 2.75) is 0 Å². The fourth-order valence-corrected chi connectivity index (χ4v) is 2.88. The summed E-state index contributed by atoms with van der Waals surface area (Å²) in [5, 5.41) is 7.40. The zero-order valence-electron chi connectivity index (χ0n) is 12.7. The van der Waals surface area contributed by atoms with E-state index in [0.29, 0.717) is 24.0 Å². The molecule has 0 bridgehead atoms. The van der Waals surface area contributed by atoms with E-state index in [0.717, 1.165) is 13.1 Å². The molecule has 8 nitrogen and oxygen atoms in total. The van der Waals surface area contributed by atoms with E-state index in [4.69, 9.17) is 0 Å². The number of fused-ring (bicyclic) bond motifs is 3. The van der Waals surface area contributed by atoms with E-state index < -0.39 is 0 Å². The number of aromatic nitrogens is 4. The summed E-state index contributed by atoms with van der Waals surface area (Å²) in [5.41, 5.74) is 0.775. The van der Waals surface area contributed by atoms with Gasteiger partial charge in [0.15, 0.2) is 11.3 Å². The molecular weight excluding hydrogens is 296 g/mol. The molecule has 0 aliphatic carbocycles. The van der Waals surface area contributed by atoms with Crippen molar-refractivity contribution in [3.63, 3.8) is 0 Å². The Morgan fingerprint density at radius 1 is 1.17 bits per heavy atom. The molecule has 2 aromatic heterocycles. The van der Waals surface area contributed by atoms with Crippen LogP contribution in [0.3, 0.4) is 0 Å². The molecule has 3 heterocycles. The lowest BCUT2D eigenvalue weighted by Crippen LogP contribution is -2.47. The van der Waals surface area contributed by atoms with Gasteiger partial charge in [-0.2, -0.15) is 4.98 Å². The number of piperazine rings is 1. The molecule has 1 aliphatic rings. The first kappa shape index (κ1) is 13.9. The Morgan fingerprint density at radius 3 is 2.70 bits per heavy atom. The maximum atomic E-state index is 12.7. The van der Waals surface area contributed by atoms with Crippen molar-refractivity contribution in [1.82, 2.24) is 29.6 Å². The highest BCUT2D eigenvalue weighted by atomic mass is 16.2. The van der Waals surface area contributed by atoms with Crippen LogP contribution in [0.25, 0.3) is 16.6 Å². The van der Waals surface area contributed by atoms with Gasteiger partial charge in [-0.3, -0.25) is 9.59 Å². The Bertz CT molecular complexity index is 951. The second kappa shape index (κ2) is 5.17. The molecular formula is C15H16N6O2. The first-order valence-corrected chi connectivity index (χ1v) is 7.49. The monoisotopic (exact) mass is 312 g/mol. The van der Waals surface area contributed by atoms with Crippen molar-refractivity contribution >= 4 is 22.5 Å². The summed E-state index contributed by atoms with van der Waals surface area (Å²) in [6, 6.07) is 7.12. The Morgan fingerprint density at radius 2 is 1.91 bits per heavy atom. The number of hydrogen-bond acceptors (Lipinski definition) is 5. The maximum absolute atomic E-state index is 12.7. The number of nitrogens with zero attached hydrogens (tertiary/aromatic N) is 5. The highest BCUT2D eigenvalue weighted by Gasteiger charge is 2.25. The van der Waals surface area contributed by atoms with E-state index in [9.17, 15) is 9.59 Å². The lowest BCUT2D eigenvalue weighted by atomic mass is 10.2. The number of benzene rings is 1. The lowest BCUT2D eigenvalue weighted by molar-refractivity contribution is 0.0660. The van der Waals surface area contributed by atoms with Crippen LogP contribution in [0.15, 0.2) is 29.1 Å². The van der Waals surface area contributed by atoms with Crippen LogP contribution >= 0.6 is 0 Å². The smallest absolute Gasteiger partial charge is 0.281 e. The Labute approximate surface area is 131 Å². The highest BCUT2D eigenvalue weighted by molar-refractivity contribution is 5.98. The first-order chi connectivity index (χ1) is 11.1. The summed E-state index contributed by atoms with van der Waals surface area (Å²) < 4.78 is 1.58. The lowest BCUT2D eigenvalue weighted by Gasteiger charge is -2.31. The van der Waals surface area contributed by atoms with E-state index in [1.165, 1.54) is 0 Å². The van der Waals surface area contributed by atoms with Gasteiger partial charge in [-0.1, -0.05) is 12.1 Å². The van der Waals surface area contributed by atoms with Crippen LogP contribution in [-0.4, -0.2) is 68.7 Å². The van der Waals surface area contributed by atoms with Gasteiger partial charge in [0, 0.05) is 26.2 Å². The summed E-state index contributed by atoms with van der Waals surface area (Å²) in [6.07, 6.45) is 0. The molecule has 0 radical (unpaired) electrons. The van der Waals surface area contributed by atoms with Gasteiger partial charge in [-0.05, 0) is 19.2 Å². The minimum atomic E-state index is -0.352. The van der Waals surface area contributed by atoms with Crippen LogP contribution in [0.1, 0.15) is 10.5 Å². The zero-order chi connectivity index (χ0) is 16.0. The maximum Gasteiger partial charge on any atom is 0.281 e. The number of H-pyrrole nitrogens is 1. The molecule has 1 N–H and O–H groups in total. The van der Waals surface area contributed by atoms with Crippen LogP contribution in [0, 0.1) is 0 Å². The molecule has 1 amide bonds. The largest absolute Gasteiger partial charge is 0.335 e. The van der Waals surface area contributed by atoms with E-state index >= 15 is 0 Å². The number of hydrogen-bond donors (Lipinski definition) is 1. The molecule has 0 spiro atoms. The van der Waals surface area contributed by atoms with Gasteiger partial charge in [0.1, 0.15) is 0 Å². The second-order valence-electron chi connectivity index (χ2n) is 5.75.